The van der Waals surface area contributed by atoms with Crippen LogP contribution in [0.15, 0.2) is 34.9 Å². The van der Waals surface area contributed by atoms with E-state index in [1.807, 2.05) is 0 Å². The zero-order chi connectivity index (χ0) is 20.2. The molecule has 29 heavy (non-hydrogen) atoms. The van der Waals surface area contributed by atoms with Gasteiger partial charge in [-0.15, -0.1) is 0 Å². The van der Waals surface area contributed by atoms with Crippen molar-refractivity contribution in [1.82, 2.24) is 15.4 Å². The number of aromatic nitrogens is 1. The molecule has 1 aliphatic heterocycles. The molecule has 4 rings (SSSR count). The summed E-state index contributed by atoms with van der Waals surface area (Å²) in [5.41, 5.74) is 0.912. The van der Waals surface area contributed by atoms with Crippen LogP contribution >= 0.6 is 0 Å². The molecule has 0 bridgehead atoms. The van der Waals surface area contributed by atoms with Crippen LogP contribution in [0.1, 0.15) is 55.4 Å². The molecular formula is C22H26FN3O3. The van der Waals surface area contributed by atoms with Gasteiger partial charge in [0.2, 0.25) is 5.91 Å². The summed E-state index contributed by atoms with van der Waals surface area (Å²) in [6, 6.07) is 7.56. The van der Waals surface area contributed by atoms with Crippen molar-refractivity contribution >= 4 is 11.8 Å². The number of nitrogens with zero attached hydrogens (tertiary/aromatic N) is 2. The van der Waals surface area contributed by atoms with Gasteiger partial charge in [0.1, 0.15) is 5.82 Å². The van der Waals surface area contributed by atoms with Crippen molar-refractivity contribution < 1.29 is 18.5 Å². The highest BCUT2D eigenvalue weighted by Gasteiger charge is 2.27. The van der Waals surface area contributed by atoms with E-state index in [2.05, 4.69) is 10.5 Å². The maximum Gasteiger partial charge on any atom is 0.276 e. The Bertz CT molecular complexity index is 850. The molecule has 2 heterocycles. The molecule has 1 aromatic carbocycles. The predicted molar refractivity (Wildman–Crippen MR) is 106 cm³/mol. The molecule has 1 saturated heterocycles. The van der Waals surface area contributed by atoms with E-state index in [0.717, 1.165) is 25.7 Å². The van der Waals surface area contributed by atoms with E-state index in [-0.39, 0.29) is 29.4 Å². The van der Waals surface area contributed by atoms with Gasteiger partial charge in [0.15, 0.2) is 11.5 Å². The fraction of sp³-hybridized carbons (Fsp3) is 0.500. The van der Waals surface area contributed by atoms with Gasteiger partial charge >= 0.3 is 0 Å². The Hall–Kier alpha value is -2.70. The summed E-state index contributed by atoms with van der Waals surface area (Å²) in [6.07, 6.45) is 6.92. The highest BCUT2D eigenvalue weighted by Crippen LogP contribution is 2.27. The monoisotopic (exact) mass is 399 g/mol. The first-order chi connectivity index (χ1) is 14.1. The fourth-order valence-electron chi connectivity index (χ4n) is 4.28. The number of benzene rings is 1. The SMILES string of the molecule is O=C(CC1CCCC1)NC1CCN(C(=O)c2cc(-c3ccc(F)cc3)on2)CC1. The molecule has 1 saturated carbocycles. The van der Waals surface area contributed by atoms with Gasteiger partial charge in [0.25, 0.3) is 5.91 Å². The molecule has 0 atom stereocenters. The number of hydrogen-bond acceptors (Lipinski definition) is 4. The Balaban J connectivity index is 1.28. The van der Waals surface area contributed by atoms with E-state index in [1.165, 1.54) is 25.0 Å². The summed E-state index contributed by atoms with van der Waals surface area (Å²) in [5.74, 6) is 0.601. The van der Waals surface area contributed by atoms with Crippen molar-refractivity contribution in [3.05, 3.63) is 41.8 Å². The first-order valence-electron chi connectivity index (χ1n) is 10.4. The molecule has 0 spiro atoms. The quantitative estimate of drug-likeness (QED) is 0.830. The molecule has 2 amide bonds. The molecule has 2 aromatic rings. The van der Waals surface area contributed by atoms with Crippen LogP contribution in [0.2, 0.25) is 0 Å². The average Bonchev–Trinajstić information content (AvgIpc) is 3.41. The number of carbonyl (C=O) groups excluding carboxylic acids is 2. The maximum absolute atomic E-state index is 13.1. The van der Waals surface area contributed by atoms with Crippen LogP contribution in [0.25, 0.3) is 11.3 Å². The molecule has 0 unspecified atom stereocenters. The minimum absolute atomic E-state index is 0.125. The van der Waals surface area contributed by atoms with Gasteiger partial charge in [-0.25, -0.2) is 4.39 Å². The normalized spacial score (nSPS) is 18.2. The molecule has 1 aromatic heterocycles. The van der Waals surface area contributed by atoms with Gasteiger partial charge in [0, 0.05) is 37.2 Å². The Morgan fingerprint density at radius 2 is 1.79 bits per heavy atom. The van der Waals surface area contributed by atoms with Gasteiger partial charge in [-0.1, -0.05) is 18.0 Å². The third-order valence-corrected chi connectivity index (χ3v) is 5.95. The first-order valence-corrected chi connectivity index (χ1v) is 10.4. The van der Waals surface area contributed by atoms with E-state index < -0.39 is 0 Å². The van der Waals surface area contributed by atoms with E-state index in [9.17, 15) is 14.0 Å². The number of likely N-dealkylation sites (tertiary alicyclic amines) is 1. The number of nitrogens with one attached hydrogen (secondary N) is 1. The highest BCUT2D eigenvalue weighted by atomic mass is 19.1. The largest absolute Gasteiger partial charge is 0.355 e. The zero-order valence-electron chi connectivity index (χ0n) is 16.4. The summed E-state index contributed by atoms with van der Waals surface area (Å²) in [5, 5.41) is 7.02. The Morgan fingerprint density at radius 3 is 2.48 bits per heavy atom. The predicted octanol–water partition coefficient (Wildman–Crippen LogP) is 3.78. The lowest BCUT2D eigenvalue weighted by atomic mass is 10.0. The molecule has 154 valence electrons. The van der Waals surface area contributed by atoms with Crippen LogP contribution in [-0.2, 0) is 4.79 Å². The molecule has 2 fully saturated rings. The molecule has 1 aliphatic carbocycles. The number of hydrogen-bond donors (Lipinski definition) is 1. The Kier molecular flexibility index (Phi) is 5.92. The van der Waals surface area contributed by atoms with Gasteiger partial charge in [0.05, 0.1) is 0 Å². The first kappa shape index (κ1) is 19.6. The maximum atomic E-state index is 13.1. The van der Waals surface area contributed by atoms with E-state index in [0.29, 0.717) is 36.8 Å². The highest BCUT2D eigenvalue weighted by molar-refractivity contribution is 5.93. The minimum Gasteiger partial charge on any atom is -0.355 e. The summed E-state index contributed by atoms with van der Waals surface area (Å²) in [6.45, 7) is 1.15. The molecular weight excluding hydrogens is 373 g/mol. The van der Waals surface area contributed by atoms with Gasteiger partial charge in [-0.05, 0) is 55.9 Å². The molecule has 1 N–H and O–H groups in total. The standard InChI is InChI=1S/C22H26FN3O3/c23-17-7-5-16(6-8-17)20-14-19(25-29-20)22(28)26-11-9-18(10-12-26)24-21(27)13-15-3-1-2-4-15/h5-8,14-15,18H,1-4,9-13H2,(H,24,27). The van der Waals surface area contributed by atoms with Crippen LogP contribution in [0, 0.1) is 11.7 Å². The molecule has 7 heteroatoms. The Morgan fingerprint density at radius 1 is 1.10 bits per heavy atom. The summed E-state index contributed by atoms with van der Waals surface area (Å²) in [4.78, 5) is 26.7. The molecule has 6 nitrogen and oxygen atoms in total. The smallest absolute Gasteiger partial charge is 0.276 e. The molecule has 0 radical (unpaired) electrons. The second-order valence-electron chi connectivity index (χ2n) is 8.07. The third kappa shape index (κ3) is 4.83. The van der Waals surface area contributed by atoms with Gasteiger partial charge in [-0.3, -0.25) is 9.59 Å². The van der Waals surface area contributed by atoms with E-state index in [4.69, 9.17) is 4.52 Å². The number of halogens is 1. The number of piperidine rings is 1. The number of carbonyl (C=O) groups is 2. The van der Waals surface area contributed by atoms with Crippen molar-refractivity contribution in [2.45, 2.75) is 51.0 Å². The van der Waals surface area contributed by atoms with Crippen LogP contribution in [0.4, 0.5) is 4.39 Å². The van der Waals surface area contributed by atoms with E-state index in [1.54, 1.807) is 23.1 Å². The zero-order valence-corrected chi connectivity index (χ0v) is 16.4. The summed E-state index contributed by atoms with van der Waals surface area (Å²) < 4.78 is 18.3. The number of rotatable bonds is 5. The summed E-state index contributed by atoms with van der Waals surface area (Å²) in [7, 11) is 0. The molecule has 2 aliphatic rings. The van der Waals surface area contributed by atoms with Gasteiger partial charge in [-0.2, -0.15) is 0 Å². The van der Waals surface area contributed by atoms with Crippen LogP contribution < -0.4 is 5.32 Å². The summed E-state index contributed by atoms with van der Waals surface area (Å²) >= 11 is 0. The Labute approximate surface area is 169 Å². The fourth-order valence-corrected chi connectivity index (χ4v) is 4.28. The number of amides is 2. The van der Waals surface area contributed by atoms with Crippen molar-refractivity contribution in [3.63, 3.8) is 0 Å². The average molecular weight is 399 g/mol. The van der Waals surface area contributed by atoms with Crippen LogP contribution in [-0.4, -0.2) is 41.0 Å². The van der Waals surface area contributed by atoms with Crippen molar-refractivity contribution in [2.75, 3.05) is 13.1 Å². The van der Waals surface area contributed by atoms with E-state index >= 15 is 0 Å². The van der Waals surface area contributed by atoms with Crippen molar-refractivity contribution in [2.24, 2.45) is 5.92 Å². The minimum atomic E-state index is -0.331. The second-order valence-corrected chi connectivity index (χ2v) is 8.07. The lowest BCUT2D eigenvalue weighted by Crippen LogP contribution is -2.46. The van der Waals surface area contributed by atoms with Crippen molar-refractivity contribution in [3.8, 4) is 11.3 Å². The second kappa shape index (κ2) is 8.76. The lowest BCUT2D eigenvalue weighted by Gasteiger charge is -2.32. The van der Waals surface area contributed by atoms with Gasteiger partial charge < -0.3 is 14.7 Å². The topological polar surface area (TPSA) is 75.4 Å². The third-order valence-electron chi connectivity index (χ3n) is 5.95. The van der Waals surface area contributed by atoms with Crippen molar-refractivity contribution in [1.29, 1.82) is 0 Å². The van der Waals surface area contributed by atoms with Crippen LogP contribution in [0.5, 0.6) is 0 Å². The van der Waals surface area contributed by atoms with Crippen LogP contribution in [0.3, 0.4) is 0 Å². The lowest BCUT2D eigenvalue weighted by molar-refractivity contribution is -0.122.